The van der Waals surface area contributed by atoms with E-state index in [0.29, 0.717) is 11.3 Å². The number of ether oxygens (including phenoxy) is 1. The Morgan fingerprint density at radius 2 is 1.70 bits per heavy atom. The van der Waals surface area contributed by atoms with Gasteiger partial charge in [0.15, 0.2) is 11.9 Å². The highest BCUT2D eigenvalue weighted by atomic mass is 35.5. The molecule has 0 fully saturated rings. The van der Waals surface area contributed by atoms with Crippen LogP contribution in [0.5, 0.6) is 11.5 Å². The lowest BCUT2D eigenvalue weighted by atomic mass is 9.78. The molecule has 33 heavy (non-hydrogen) atoms. The molecule has 0 saturated carbocycles. The van der Waals surface area contributed by atoms with Crippen LogP contribution in [0.15, 0.2) is 60.8 Å². The fraction of sp³-hybridized carbons (Fsp3) is 0.261. The zero-order chi connectivity index (χ0) is 24.4. The van der Waals surface area contributed by atoms with Crippen LogP contribution in [0.25, 0.3) is 0 Å². The van der Waals surface area contributed by atoms with E-state index in [2.05, 4.69) is 4.98 Å². The number of aromatic nitrogens is 1. The molecule has 1 aromatic heterocycles. The first-order valence-corrected chi connectivity index (χ1v) is 10.5. The Morgan fingerprint density at radius 1 is 1.00 bits per heavy atom. The lowest BCUT2D eigenvalue weighted by Crippen LogP contribution is -2.46. The van der Waals surface area contributed by atoms with Gasteiger partial charge in [-0.25, -0.2) is 4.98 Å². The summed E-state index contributed by atoms with van der Waals surface area (Å²) in [4.78, 5) is 3.67. The van der Waals surface area contributed by atoms with Gasteiger partial charge in [-0.05, 0) is 53.1 Å². The number of pyridine rings is 1. The van der Waals surface area contributed by atoms with Crippen molar-refractivity contribution in [1.82, 2.24) is 4.98 Å². The van der Waals surface area contributed by atoms with Crippen molar-refractivity contribution in [3.63, 3.8) is 0 Å². The van der Waals surface area contributed by atoms with E-state index in [4.69, 9.17) is 38.2 Å². The molecule has 0 spiro atoms. The average Bonchev–Trinajstić information content (AvgIpc) is 2.72. The monoisotopic (exact) mass is 501 g/mol. The van der Waals surface area contributed by atoms with E-state index in [1.165, 1.54) is 25.1 Å². The van der Waals surface area contributed by atoms with Gasteiger partial charge in [-0.15, -0.1) is 0 Å². The summed E-state index contributed by atoms with van der Waals surface area (Å²) in [6.45, 7) is 1.22. The molecular weight excluding hydrogens is 482 g/mol. The van der Waals surface area contributed by atoms with Crippen molar-refractivity contribution in [3.8, 4) is 11.5 Å². The molecule has 3 aromatic rings. The van der Waals surface area contributed by atoms with E-state index in [0.717, 1.165) is 18.3 Å². The standard InChI is InChI=1S/C23H20Cl2F3NO4/c1-13(22(32,23(26,27)28)15-7-8-29-20(25)11-15)18-6-5-17(12-19(18)24)33-16-4-2-3-14(9-16)10-21(30)31/h2-9,11-13,21,30-32H,10H2,1H3. The van der Waals surface area contributed by atoms with E-state index in [-0.39, 0.29) is 27.9 Å². The van der Waals surface area contributed by atoms with Crippen molar-refractivity contribution in [2.75, 3.05) is 0 Å². The maximum atomic E-state index is 14.1. The third-order valence-electron chi connectivity index (χ3n) is 5.22. The van der Waals surface area contributed by atoms with Gasteiger partial charge >= 0.3 is 6.18 Å². The molecule has 2 atom stereocenters. The highest BCUT2D eigenvalue weighted by Crippen LogP contribution is 2.50. The smallest absolute Gasteiger partial charge is 0.422 e. The molecule has 2 unspecified atom stereocenters. The fourth-order valence-corrected chi connectivity index (χ4v) is 4.04. The van der Waals surface area contributed by atoms with E-state index in [9.17, 15) is 18.3 Å². The first-order chi connectivity index (χ1) is 15.4. The second-order valence-corrected chi connectivity index (χ2v) is 8.27. The molecule has 1 heterocycles. The maximum Gasteiger partial charge on any atom is 0.422 e. The summed E-state index contributed by atoms with van der Waals surface area (Å²) < 4.78 is 47.9. The molecular formula is C23H20Cl2F3NO4. The van der Waals surface area contributed by atoms with Gasteiger partial charge in [-0.2, -0.15) is 13.2 Å². The van der Waals surface area contributed by atoms with Crippen molar-refractivity contribution in [2.45, 2.75) is 37.3 Å². The molecule has 3 rings (SSSR count). The van der Waals surface area contributed by atoms with Gasteiger partial charge in [0, 0.05) is 23.6 Å². The number of hydrogen-bond acceptors (Lipinski definition) is 5. The highest BCUT2D eigenvalue weighted by molar-refractivity contribution is 6.31. The third-order valence-corrected chi connectivity index (χ3v) is 5.75. The van der Waals surface area contributed by atoms with Crippen molar-refractivity contribution in [2.24, 2.45) is 0 Å². The van der Waals surface area contributed by atoms with E-state index >= 15 is 0 Å². The molecule has 176 valence electrons. The van der Waals surface area contributed by atoms with Gasteiger partial charge in [0.25, 0.3) is 0 Å². The first-order valence-electron chi connectivity index (χ1n) is 9.75. The molecule has 0 saturated heterocycles. The van der Waals surface area contributed by atoms with Crippen molar-refractivity contribution < 1.29 is 33.2 Å². The molecule has 0 aliphatic carbocycles. The summed E-state index contributed by atoms with van der Waals surface area (Å²) in [6, 6.07) is 12.7. The van der Waals surface area contributed by atoms with Crippen LogP contribution in [-0.2, 0) is 12.0 Å². The van der Waals surface area contributed by atoms with Crippen LogP contribution >= 0.6 is 23.2 Å². The van der Waals surface area contributed by atoms with Gasteiger partial charge in [0.1, 0.15) is 16.7 Å². The Balaban J connectivity index is 1.92. The molecule has 0 radical (unpaired) electrons. The number of hydrogen-bond donors (Lipinski definition) is 3. The van der Waals surface area contributed by atoms with Gasteiger partial charge in [-0.1, -0.05) is 48.3 Å². The summed E-state index contributed by atoms with van der Waals surface area (Å²) in [5.41, 5.74) is -3.06. The zero-order valence-corrected chi connectivity index (χ0v) is 18.7. The lowest BCUT2D eigenvalue weighted by molar-refractivity contribution is -0.274. The number of benzene rings is 2. The van der Waals surface area contributed by atoms with Crippen LogP contribution in [0.2, 0.25) is 10.2 Å². The second kappa shape index (κ2) is 9.87. The maximum absolute atomic E-state index is 14.1. The summed E-state index contributed by atoms with van der Waals surface area (Å²) in [5, 5.41) is 28.9. The topological polar surface area (TPSA) is 82.8 Å². The Kier molecular flexibility index (Phi) is 7.55. The predicted molar refractivity (Wildman–Crippen MR) is 118 cm³/mol. The number of nitrogens with zero attached hydrogens (tertiary/aromatic N) is 1. The van der Waals surface area contributed by atoms with Crippen LogP contribution in [0.3, 0.4) is 0 Å². The van der Waals surface area contributed by atoms with Crippen LogP contribution in [0.1, 0.15) is 29.5 Å². The molecule has 0 bridgehead atoms. The van der Waals surface area contributed by atoms with Crippen molar-refractivity contribution in [1.29, 1.82) is 0 Å². The van der Waals surface area contributed by atoms with E-state index in [1.54, 1.807) is 24.3 Å². The molecule has 3 N–H and O–H groups in total. The Morgan fingerprint density at radius 3 is 2.30 bits per heavy atom. The number of aliphatic hydroxyl groups excluding tert-OH is 1. The van der Waals surface area contributed by atoms with Crippen LogP contribution in [0, 0.1) is 0 Å². The largest absolute Gasteiger partial charge is 0.457 e. The third kappa shape index (κ3) is 5.59. The molecule has 0 aliphatic heterocycles. The van der Waals surface area contributed by atoms with Crippen molar-refractivity contribution in [3.05, 3.63) is 87.7 Å². The number of halogens is 5. The fourth-order valence-electron chi connectivity index (χ4n) is 3.53. The lowest BCUT2D eigenvalue weighted by Gasteiger charge is -2.37. The quantitative estimate of drug-likeness (QED) is 0.290. The normalized spacial score (nSPS) is 14.7. The Labute approximate surface area is 198 Å². The molecule has 2 aromatic carbocycles. The van der Waals surface area contributed by atoms with Crippen molar-refractivity contribution >= 4 is 23.2 Å². The van der Waals surface area contributed by atoms with E-state index < -0.39 is 29.5 Å². The number of alkyl halides is 3. The summed E-state index contributed by atoms with van der Waals surface area (Å²) >= 11 is 12.1. The Hall–Kier alpha value is -2.36. The van der Waals surface area contributed by atoms with Crippen LogP contribution in [0.4, 0.5) is 13.2 Å². The van der Waals surface area contributed by atoms with Gasteiger partial charge in [-0.3, -0.25) is 0 Å². The SMILES string of the molecule is CC(c1ccc(Oc2cccc(CC(O)O)c2)cc1Cl)C(O)(c1ccnc(Cl)c1)C(F)(F)F. The molecule has 0 aliphatic rings. The summed E-state index contributed by atoms with van der Waals surface area (Å²) in [5.74, 6) is -0.865. The predicted octanol–water partition coefficient (Wildman–Crippen LogP) is 5.59. The minimum atomic E-state index is -5.03. The summed E-state index contributed by atoms with van der Waals surface area (Å²) in [7, 11) is 0. The van der Waals surface area contributed by atoms with Gasteiger partial charge in [0.05, 0.1) is 0 Å². The zero-order valence-electron chi connectivity index (χ0n) is 17.2. The second-order valence-electron chi connectivity index (χ2n) is 7.47. The summed E-state index contributed by atoms with van der Waals surface area (Å²) in [6.07, 6.45) is -5.46. The highest BCUT2D eigenvalue weighted by Gasteiger charge is 2.59. The number of rotatable bonds is 7. The molecule has 10 heteroatoms. The minimum Gasteiger partial charge on any atom is -0.457 e. The van der Waals surface area contributed by atoms with Gasteiger partial charge < -0.3 is 20.1 Å². The van der Waals surface area contributed by atoms with E-state index in [1.807, 2.05) is 0 Å². The minimum absolute atomic E-state index is 0.00343. The van der Waals surface area contributed by atoms with Crippen LogP contribution < -0.4 is 4.74 Å². The number of aliphatic hydroxyl groups is 3. The average molecular weight is 502 g/mol. The van der Waals surface area contributed by atoms with Gasteiger partial charge in [0.2, 0.25) is 0 Å². The molecule has 5 nitrogen and oxygen atoms in total. The Bertz CT molecular complexity index is 1130. The first kappa shape index (κ1) is 25.3. The molecule has 0 amide bonds. The van der Waals surface area contributed by atoms with Crippen LogP contribution in [-0.4, -0.2) is 32.8 Å².